The third kappa shape index (κ3) is 3.52. The lowest BCUT2D eigenvalue weighted by Gasteiger charge is -2.04. The van der Waals surface area contributed by atoms with E-state index >= 15 is 0 Å². The third-order valence-corrected chi connectivity index (χ3v) is 2.57. The van der Waals surface area contributed by atoms with Crippen molar-refractivity contribution in [2.24, 2.45) is 4.99 Å². The van der Waals surface area contributed by atoms with Crippen LogP contribution in [0, 0.1) is 0 Å². The summed E-state index contributed by atoms with van der Waals surface area (Å²) >= 11 is 0. The number of methoxy groups -OCH3 is 2. The molecule has 0 aliphatic heterocycles. The number of hydrogen-bond acceptors (Lipinski definition) is 6. The first-order chi connectivity index (χ1) is 9.75. The first-order valence-corrected chi connectivity index (χ1v) is 5.94. The Morgan fingerprint density at radius 2 is 2.00 bits per heavy atom. The van der Waals surface area contributed by atoms with Crippen LogP contribution < -0.4 is 9.47 Å². The van der Waals surface area contributed by atoms with Gasteiger partial charge in [-0.05, 0) is 17.7 Å². The molecule has 1 aromatic heterocycles. The third-order valence-electron chi connectivity index (χ3n) is 2.57. The van der Waals surface area contributed by atoms with Gasteiger partial charge >= 0.3 is 0 Å². The van der Waals surface area contributed by atoms with Crippen LogP contribution in [0.3, 0.4) is 0 Å². The molecule has 1 N–H and O–H groups in total. The molecule has 0 spiro atoms. The molecule has 0 radical (unpaired) electrons. The summed E-state index contributed by atoms with van der Waals surface area (Å²) in [5.41, 5.74) is 2.02. The van der Waals surface area contributed by atoms with Crippen molar-refractivity contribution in [3.05, 3.63) is 41.9 Å². The Morgan fingerprint density at radius 1 is 1.15 bits per heavy atom. The Morgan fingerprint density at radius 3 is 2.60 bits per heavy atom. The van der Waals surface area contributed by atoms with Crippen molar-refractivity contribution in [1.82, 2.24) is 9.97 Å². The summed E-state index contributed by atoms with van der Waals surface area (Å²) < 4.78 is 10.1. The average Bonchev–Trinajstić information content (AvgIpc) is 2.53. The number of aliphatic hydroxyl groups is 1. The summed E-state index contributed by atoms with van der Waals surface area (Å²) in [4.78, 5) is 12.5. The molecule has 1 aromatic carbocycles. The first kappa shape index (κ1) is 14.0. The Labute approximate surface area is 116 Å². The molecular formula is C14H15N3O3. The standard InChI is InChI=1S/C14H15N3O3/c1-19-13-4-10(9-18)3-11(5-13)15-6-12-7-17-14(20-2)8-16-12/h3-8,18H,9H2,1-2H3/b15-6+. The summed E-state index contributed by atoms with van der Waals surface area (Å²) in [6, 6.07) is 5.30. The van der Waals surface area contributed by atoms with E-state index < -0.39 is 0 Å². The Balaban J connectivity index is 2.21. The molecule has 0 bridgehead atoms. The summed E-state index contributed by atoms with van der Waals surface area (Å²) in [5, 5.41) is 9.18. The van der Waals surface area contributed by atoms with Crippen molar-refractivity contribution < 1.29 is 14.6 Å². The molecule has 6 heteroatoms. The fourth-order valence-corrected chi connectivity index (χ4v) is 1.57. The molecule has 6 nitrogen and oxygen atoms in total. The highest BCUT2D eigenvalue weighted by molar-refractivity contribution is 5.79. The molecule has 0 aliphatic carbocycles. The van der Waals surface area contributed by atoms with E-state index in [4.69, 9.17) is 9.47 Å². The number of aromatic nitrogens is 2. The minimum Gasteiger partial charge on any atom is -0.497 e. The van der Waals surface area contributed by atoms with Gasteiger partial charge < -0.3 is 14.6 Å². The van der Waals surface area contributed by atoms with Crippen LogP contribution in [0.1, 0.15) is 11.3 Å². The normalized spacial score (nSPS) is 10.8. The Kier molecular flexibility index (Phi) is 4.62. The smallest absolute Gasteiger partial charge is 0.232 e. The maximum atomic E-state index is 9.18. The first-order valence-electron chi connectivity index (χ1n) is 5.94. The molecule has 0 fully saturated rings. The van der Waals surface area contributed by atoms with Crippen molar-refractivity contribution in [2.75, 3.05) is 14.2 Å². The second kappa shape index (κ2) is 6.63. The lowest BCUT2D eigenvalue weighted by Crippen LogP contribution is -1.93. The van der Waals surface area contributed by atoms with E-state index in [2.05, 4.69) is 15.0 Å². The van der Waals surface area contributed by atoms with Gasteiger partial charge in [-0.2, -0.15) is 0 Å². The number of aliphatic hydroxyl groups excluding tert-OH is 1. The summed E-state index contributed by atoms with van der Waals surface area (Å²) in [7, 11) is 3.10. The maximum Gasteiger partial charge on any atom is 0.232 e. The number of benzene rings is 1. The largest absolute Gasteiger partial charge is 0.497 e. The van der Waals surface area contributed by atoms with E-state index in [1.807, 2.05) is 0 Å². The molecule has 2 rings (SSSR count). The minimum absolute atomic E-state index is 0.0674. The van der Waals surface area contributed by atoms with Gasteiger partial charge in [0.25, 0.3) is 0 Å². The van der Waals surface area contributed by atoms with Crippen molar-refractivity contribution in [3.63, 3.8) is 0 Å². The highest BCUT2D eigenvalue weighted by atomic mass is 16.5. The molecule has 1 heterocycles. The van der Waals surface area contributed by atoms with Crippen LogP contribution in [-0.4, -0.2) is 35.5 Å². The molecule has 0 unspecified atom stereocenters. The number of rotatable bonds is 5. The SMILES string of the molecule is COc1cc(CO)cc(/N=C/c2cnc(OC)cn2)c1. The lowest BCUT2D eigenvalue weighted by atomic mass is 10.2. The highest BCUT2D eigenvalue weighted by Crippen LogP contribution is 2.23. The van der Waals surface area contributed by atoms with E-state index in [-0.39, 0.29) is 6.61 Å². The van der Waals surface area contributed by atoms with E-state index in [0.717, 1.165) is 5.56 Å². The van der Waals surface area contributed by atoms with E-state index in [1.165, 1.54) is 13.3 Å². The summed E-state index contributed by atoms with van der Waals surface area (Å²) in [6.07, 6.45) is 4.67. The highest BCUT2D eigenvalue weighted by Gasteiger charge is 2.00. The zero-order chi connectivity index (χ0) is 14.4. The predicted octanol–water partition coefficient (Wildman–Crippen LogP) is 1.74. The van der Waals surface area contributed by atoms with Crippen LogP contribution in [-0.2, 0) is 6.61 Å². The van der Waals surface area contributed by atoms with Gasteiger partial charge in [0.1, 0.15) is 5.75 Å². The zero-order valence-corrected chi connectivity index (χ0v) is 11.3. The second-order valence-electron chi connectivity index (χ2n) is 3.94. The van der Waals surface area contributed by atoms with Gasteiger partial charge in [-0.15, -0.1) is 0 Å². The van der Waals surface area contributed by atoms with Crippen LogP contribution in [0.2, 0.25) is 0 Å². The molecular weight excluding hydrogens is 258 g/mol. The van der Waals surface area contributed by atoms with Crippen LogP contribution in [0.4, 0.5) is 5.69 Å². The maximum absolute atomic E-state index is 9.18. The van der Waals surface area contributed by atoms with Crippen LogP contribution in [0.25, 0.3) is 0 Å². The molecule has 104 valence electrons. The molecule has 0 saturated carbocycles. The van der Waals surface area contributed by atoms with Gasteiger partial charge in [-0.1, -0.05) is 0 Å². The minimum atomic E-state index is -0.0674. The van der Waals surface area contributed by atoms with E-state index in [0.29, 0.717) is 23.0 Å². The van der Waals surface area contributed by atoms with E-state index in [1.54, 1.807) is 37.7 Å². The van der Waals surface area contributed by atoms with Crippen LogP contribution in [0.15, 0.2) is 35.6 Å². The van der Waals surface area contributed by atoms with Crippen LogP contribution in [0.5, 0.6) is 11.6 Å². The molecule has 0 aliphatic rings. The Bertz CT molecular complexity index is 575. The van der Waals surface area contributed by atoms with Gasteiger partial charge in [0, 0.05) is 6.07 Å². The van der Waals surface area contributed by atoms with Crippen LogP contribution >= 0.6 is 0 Å². The van der Waals surface area contributed by atoms with E-state index in [9.17, 15) is 5.11 Å². The topological polar surface area (TPSA) is 76.8 Å². The number of hydrogen-bond donors (Lipinski definition) is 1. The Hall–Kier alpha value is -2.47. The number of aliphatic imine (C=N–C) groups is 1. The summed E-state index contributed by atoms with van der Waals surface area (Å²) in [6.45, 7) is -0.0674. The summed E-state index contributed by atoms with van der Waals surface area (Å²) in [5.74, 6) is 1.09. The number of ether oxygens (including phenoxy) is 2. The van der Waals surface area contributed by atoms with Crippen molar-refractivity contribution in [2.45, 2.75) is 6.61 Å². The van der Waals surface area contributed by atoms with Gasteiger partial charge in [-0.25, -0.2) is 9.97 Å². The molecule has 2 aromatic rings. The predicted molar refractivity (Wildman–Crippen MR) is 74.8 cm³/mol. The monoisotopic (exact) mass is 273 g/mol. The molecule has 0 saturated heterocycles. The second-order valence-corrected chi connectivity index (χ2v) is 3.94. The van der Waals surface area contributed by atoms with Crippen molar-refractivity contribution >= 4 is 11.9 Å². The number of nitrogens with zero attached hydrogens (tertiary/aromatic N) is 3. The molecule has 0 atom stereocenters. The lowest BCUT2D eigenvalue weighted by molar-refractivity contribution is 0.281. The zero-order valence-electron chi connectivity index (χ0n) is 11.3. The fourth-order valence-electron chi connectivity index (χ4n) is 1.57. The average molecular weight is 273 g/mol. The van der Waals surface area contributed by atoms with Crippen molar-refractivity contribution in [1.29, 1.82) is 0 Å². The van der Waals surface area contributed by atoms with Crippen molar-refractivity contribution in [3.8, 4) is 11.6 Å². The van der Waals surface area contributed by atoms with Gasteiger partial charge in [0.2, 0.25) is 5.88 Å². The van der Waals surface area contributed by atoms with Gasteiger partial charge in [0.05, 0.1) is 50.8 Å². The quantitative estimate of drug-likeness (QED) is 0.840. The molecule has 0 amide bonds. The van der Waals surface area contributed by atoms with Gasteiger partial charge in [0.15, 0.2) is 0 Å². The van der Waals surface area contributed by atoms with Gasteiger partial charge in [-0.3, -0.25) is 4.99 Å². The fraction of sp³-hybridized carbons (Fsp3) is 0.214. The molecule has 20 heavy (non-hydrogen) atoms.